The Labute approximate surface area is 117 Å². The Bertz CT molecular complexity index is 533. The van der Waals surface area contributed by atoms with Gasteiger partial charge in [0.05, 0.1) is 6.33 Å². The summed E-state index contributed by atoms with van der Waals surface area (Å²) < 4.78 is 2.15. The van der Waals surface area contributed by atoms with E-state index in [9.17, 15) is 5.11 Å². The van der Waals surface area contributed by atoms with Gasteiger partial charge in [0.25, 0.3) is 0 Å². The number of aromatic hydroxyl groups is 1. The van der Waals surface area contributed by atoms with E-state index in [2.05, 4.69) is 33.4 Å². The highest BCUT2D eigenvalue weighted by Gasteiger charge is 2.07. The Morgan fingerprint density at radius 3 is 2.84 bits per heavy atom. The maximum Gasteiger partial charge on any atom is 0.215 e. The summed E-state index contributed by atoms with van der Waals surface area (Å²) in [6.45, 7) is 7.15. The summed E-state index contributed by atoms with van der Waals surface area (Å²) in [5, 5.41) is 10.0. The molecular formula is C13H18N4OS. The molecule has 0 atom stereocenters. The Kier molecular flexibility index (Phi) is 4.42. The van der Waals surface area contributed by atoms with Gasteiger partial charge in [-0.25, -0.2) is 9.97 Å². The molecule has 0 aliphatic rings. The standard InChI is InChI=1S/C13H18N4OS/c1-9(2)6-17-8-14-5-11(17)7-19-13-15-10(3)4-12(18)16-13/h4-5,8-9H,6-7H2,1-3H3,(H,15,16,18). The number of imidazole rings is 1. The molecule has 2 aromatic heterocycles. The second kappa shape index (κ2) is 6.06. The van der Waals surface area contributed by atoms with Gasteiger partial charge in [0, 0.05) is 35.9 Å². The van der Waals surface area contributed by atoms with Crippen molar-refractivity contribution in [2.75, 3.05) is 0 Å². The lowest BCUT2D eigenvalue weighted by atomic mass is 10.2. The second-order valence-corrected chi connectivity index (χ2v) is 5.81. The SMILES string of the molecule is Cc1cc(O)nc(SCc2cncn2CC(C)C)n1. The van der Waals surface area contributed by atoms with Crippen LogP contribution in [0.2, 0.25) is 0 Å². The van der Waals surface area contributed by atoms with E-state index in [-0.39, 0.29) is 5.88 Å². The zero-order valence-corrected chi connectivity index (χ0v) is 12.2. The van der Waals surface area contributed by atoms with Crippen molar-refractivity contribution < 1.29 is 5.11 Å². The van der Waals surface area contributed by atoms with E-state index in [0.717, 1.165) is 23.7 Å². The van der Waals surface area contributed by atoms with Crippen LogP contribution in [0.25, 0.3) is 0 Å². The van der Waals surface area contributed by atoms with E-state index in [4.69, 9.17) is 0 Å². The summed E-state index contributed by atoms with van der Waals surface area (Å²) in [4.78, 5) is 12.5. The molecule has 0 aliphatic carbocycles. The van der Waals surface area contributed by atoms with Crippen molar-refractivity contribution in [2.24, 2.45) is 5.92 Å². The highest BCUT2D eigenvalue weighted by Crippen LogP contribution is 2.21. The molecule has 19 heavy (non-hydrogen) atoms. The van der Waals surface area contributed by atoms with Crippen LogP contribution >= 0.6 is 11.8 Å². The number of rotatable bonds is 5. The quantitative estimate of drug-likeness (QED) is 0.673. The van der Waals surface area contributed by atoms with Gasteiger partial charge in [-0.05, 0) is 12.8 Å². The van der Waals surface area contributed by atoms with Crippen LogP contribution in [0.4, 0.5) is 0 Å². The highest BCUT2D eigenvalue weighted by atomic mass is 32.2. The first kappa shape index (κ1) is 13.9. The minimum Gasteiger partial charge on any atom is -0.493 e. The number of aryl methyl sites for hydroxylation is 1. The molecule has 0 fully saturated rings. The third-order valence-electron chi connectivity index (χ3n) is 2.53. The average molecular weight is 278 g/mol. The molecule has 2 heterocycles. The molecule has 0 unspecified atom stereocenters. The average Bonchev–Trinajstić information content (AvgIpc) is 2.71. The van der Waals surface area contributed by atoms with E-state index >= 15 is 0 Å². The van der Waals surface area contributed by atoms with Crippen LogP contribution in [0.15, 0.2) is 23.7 Å². The Morgan fingerprint density at radius 2 is 2.16 bits per heavy atom. The molecule has 0 saturated carbocycles. The molecule has 6 heteroatoms. The minimum absolute atomic E-state index is 0.0192. The smallest absolute Gasteiger partial charge is 0.215 e. The topological polar surface area (TPSA) is 63.8 Å². The van der Waals surface area contributed by atoms with Gasteiger partial charge in [-0.2, -0.15) is 4.98 Å². The molecule has 0 bridgehead atoms. The largest absolute Gasteiger partial charge is 0.493 e. The van der Waals surface area contributed by atoms with Gasteiger partial charge in [0.2, 0.25) is 5.88 Å². The van der Waals surface area contributed by atoms with Crippen molar-refractivity contribution in [3.8, 4) is 5.88 Å². The van der Waals surface area contributed by atoms with Gasteiger partial charge in [-0.3, -0.25) is 0 Å². The number of aromatic nitrogens is 4. The summed E-state index contributed by atoms with van der Waals surface area (Å²) in [5.74, 6) is 1.35. The van der Waals surface area contributed by atoms with Crippen molar-refractivity contribution in [2.45, 2.75) is 38.2 Å². The van der Waals surface area contributed by atoms with Crippen LogP contribution in [0.3, 0.4) is 0 Å². The fourth-order valence-electron chi connectivity index (χ4n) is 1.75. The molecule has 2 aromatic rings. The molecule has 0 radical (unpaired) electrons. The zero-order chi connectivity index (χ0) is 13.8. The molecule has 0 amide bonds. The lowest BCUT2D eigenvalue weighted by Crippen LogP contribution is -2.06. The van der Waals surface area contributed by atoms with E-state index in [1.807, 2.05) is 19.4 Å². The summed E-state index contributed by atoms with van der Waals surface area (Å²) >= 11 is 1.50. The van der Waals surface area contributed by atoms with Gasteiger partial charge >= 0.3 is 0 Å². The first-order chi connectivity index (χ1) is 9.04. The Morgan fingerprint density at radius 1 is 1.37 bits per heavy atom. The number of nitrogens with zero attached hydrogens (tertiary/aromatic N) is 4. The van der Waals surface area contributed by atoms with E-state index in [0.29, 0.717) is 11.1 Å². The molecule has 5 nitrogen and oxygen atoms in total. The van der Waals surface area contributed by atoms with Crippen molar-refractivity contribution in [3.05, 3.63) is 30.0 Å². The van der Waals surface area contributed by atoms with Crippen LogP contribution in [-0.4, -0.2) is 24.6 Å². The summed E-state index contributed by atoms with van der Waals surface area (Å²) in [7, 11) is 0. The first-order valence-corrected chi connectivity index (χ1v) is 7.19. The second-order valence-electron chi connectivity index (χ2n) is 4.87. The third-order valence-corrected chi connectivity index (χ3v) is 3.41. The van der Waals surface area contributed by atoms with E-state index in [1.165, 1.54) is 11.8 Å². The van der Waals surface area contributed by atoms with Gasteiger partial charge in [0.1, 0.15) is 0 Å². The molecule has 102 valence electrons. The number of hydrogen-bond donors (Lipinski definition) is 1. The Balaban J connectivity index is 2.04. The minimum atomic E-state index is 0.0192. The molecule has 0 saturated heterocycles. The maximum atomic E-state index is 9.44. The van der Waals surface area contributed by atoms with Gasteiger partial charge < -0.3 is 9.67 Å². The molecule has 0 aromatic carbocycles. The highest BCUT2D eigenvalue weighted by molar-refractivity contribution is 7.98. The van der Waals surface area contributed by atoms with Gasteiger partial charge in [-0.1, -0.05) is 25.6 Å². The molecular weight excluding hydrogens is 260 g/mol. The van der Waals surface area contributed by atoms with Crippen molar-refractivity contribution in [1.82, 2.24) is 19.5 Å². The maximum absolute atomic E-state index is 9.44. The first-order valence-electron chi connectivity index (χ1n) is 6.21. The lowest BCUT2D eigenvalue weighted by molar-refractivity contribution is 0.444. The van der Waals surface area contributed by atoms with Gasteiger partial charge in [-0.15, -0.1) is 0 Å². The zero-order valence-electron chi connectivity index (χ0n) is 11.4. The monoisotopic (exact) mass is 278 g/mol. The van der Waals surface area contributed by atoms with Crippen LogP contribution in [0, 0.1) is 12.8 Å². The Hall–Kier alpha value is -1.56. The molecule has 0 aliphatic heterocycles. The molecule has 2 rings (SSSR count). The summed E-state index contributed by atoms with van der Waals surface area (Å²) in [6.07, 6.45) is 3.72. The summed E-state index contributed by atoms with van der Waals surface area (Å²) in [6, 6.07) is 1.55. The van der Waals surface area contributed by atoms with Crippen LogP contribution in [0.1, 0.15) is 25.2 Å². The predicted octanol–water partition coefficient (Wildman–Crippen LogP) is 2.64. The third kappa shape index (κ3) is 3.96. The molecule has 1 N–H and O–H groups in total. The van der Waals surface area contributed by atoms with E-state index < -0.39 is 0 Å². The van der Waals surface area contributed by atoms with Gasteiger partial charge in [0.15, 0.2) is 5.16 Å². The predicted molar refractivity (Wildman–Crippen MR) is 75.1 cm³/mol. The van der Waals surface area contributed by atoms with Crippen molar-refractivity contribution >= 4 is 11.8 Å². The van der Waals surface area contributed by atoms with Crippen molar-refractivity contribution in [3.63, 3.8) is 0 Å². The normalized spacial score (nSPS) is 11.2. The molecule has 0 spiro atoms. The van der Waals surface area contributed by atoms with Crippen LogP contribution in [0.5, 0.6) is 5.88 Å². The fraction of sp³-hybridized carbons (Fsp3) is 0.462. The van der Waals surface area contributed by atoms with Crippen LogP contribution in [-0.2, 0) is 12.3 Å². The number of thioether (sulfide) groups is 1. The number of hydrogen-bond acceptors (Lipinski definition) is 5. The van der Waals surface area contributed by atoms with E-state index in [1.54, 1.807) is 6.07 Å². The summed E-state index contributed by atoms with van der Waals surface area (Å²) in [5.41, 5.74) is 1.91. The van der Waals surface area contributed by atoms with Crippen LogP contribution < -0.4 is 0 Å². The lowest BCUT2D eigenvalue weighted by Gasteiger charge is -2.10. The fourth-order valence-corrected chi connectivity index (χ4v) is 2.64. The van der Waals surface area contributed by atoms with Crippen molar-refractivity contribution in [1.29, 1.82) is 0 Å².